The van der Waals surface area contributed by atoms with Crippen LogP contribution in [-0.4, -0.2) is 28.6 Å². The zero-order valence-corrected chi connectivity index (χ0v) is 13.8. The normalized spacial score (nSPS) is 18.6. The van der Waals surface area contributed by atoms with Crippen molar-refractivity contribution in [3.05, 3.63) is 23.8 Å². The summed E-state index contributed by atoms with van der Waals surface area (Å²) in [4.78, 5) is 22.6. The molecule has 1 aromatic carbocycles. The van der Waals surface area contributed by atoms with E-state index in [1.807, 2.05) is 6.07 Å². The average molecular weight is 332 g/mol. The SMILES string of the molecule is CC(C)(C)OC(=O)N[C@@]1(C#N)Nc2ccc(CCC(=O)O)cc2N1. The lowest BCUT2D eigenvalue weighted by Crippen LogP contribution is -2.57. The number of carboxylic acid groups (broad SMARTS) is 1. The van der Waals surface area contributed by atoms with Crippen LogP contribution < -0.4 is 16.0 Å². The molecule has 128 valence electrons. The third-order valence-electron chi connectivity index (χ3n) is 3.21. The zero-order chi connectivity index (χ0) is 18.0. The minimum Gasteiger partial charge on any atom is -0.481 e. The number of ether oxygens (including phenoxy) is 1. The van der Waals surface area contributed by atoms with Gasteiger partial charge in [-0.15, -0.1) is 0 Å². The van der Waals surface area contributed by atoms with Gasteiger partial charge in [0.2, 0.25) is 0 Å². The summed E-state index contributed by atoms with van der Waals surface area (Å²) in [5.74, 6) is -2.39. The molecule has 0 bridgehead atoms. The number of aliphatic carboxylic acids is 1. The largest absolute Gasteiger partial charge is 0.481 e. The molecule has 24 heavy (non-hydrogen) atoms. The fraction of sp³-hybridized carbons (Fsp3) is 0.438. The molecule has 0 saturated heterocycles. The third-order valence-corrected chi connectivity index (χ3v) is 3.21. The lowest BCUT2D eigenvalue weighted by molar-refractivity contribution is -0.136. The predicted molar refractivity (Wildman–Crippen MR) is 87.4 cm³/mol. The molecule has 2 rings (SSSR count). The van der Waals surface area contributed by atoms with Crippen LogP contribution in [0.5, 0.6) is 0 Å². The van der Waals surface area contributed by atoms with Gasteiger partial charge in [-0.1, -0.05) is 6.07 Å². The van der Waals surface area contributed by atoms with E-state index in [1.165, 1.54) is 0 Å². The molecule has 1 amide bonds. The molecule has 0 aromatic heterocycles. The van der Waals surface area contributed by atoms with Gasteiger partial charge in [0.05, 0.1) is 11.4 Å². The standard InChI is InChI=1S/C16H20N4O4/c1-15(2,3)24-14(23)20-16(9-17)18-11-6-4-10(5-7-13(21)22)8-12(11)19-16/h4,6,8,18-19H,5,7H2,1-3H3,(H,20,23)(H,21,22)/t16-/m0/s1. The fourth-order valence-corrected chi connectivity index (χ4v) is 2.25. The van der Waals surface area contributed by atoms with Gasteiger partial charge in [0, 0.05) is 6.42 Å². The molecule has 0 spiro atoms. The summed E-state index contributed by atoms with van der Waals surface area (Å²) in [6.07, 6.45) is -0.335. The van der Waals surface area contributed by atoms with Gasteiger partial charge in [-0.2, -0.15) is 5.26 Å². The molecule has 1 atom stereocenters. The first-order valence-electron chi connectivity index (χ1n) is 7.46. The second-order valence-corrected chi connectivity index (χ2v) is 6.51. The van der Waals surface area contributed by atoms with Crippen molar-refractivity contribution in [1.82, 2.24) is 5.32 Å². The number of fused-ring (bicyclic) bond motifs is 1. The lowest BCUT2D eigenvalue weighted by atomic mass is 10.1. The number of aryl methyl sites for hydroxylation is 1. The summed E-state index contributed by atoms with van der Waals surface area (Å²) < 4.78 is 5.17. The number of carbonyl (C=O) groups is 2. The van der Waals surface area contributed by atoms with Crippen LogP contribution in [-0.2, 0) is 16.0 Å². The molecule has 0 aliphatic carbocycles. The number of nitrogens with one attached hydrogen (secondary N) is 3. The van der Waals surface area contributed by atoms with Crippen LogP contribution in [0.1, 0.15) is 32.8 Å². The van der Waals surface area contributed by atoms with Crippen molar-refractivity contribution < 1.29 is 19.4 Å². The van der Waals surface area contributed by atoms with Gasteiger partial charge in [0.1, 0.15) is 11.7 Å². The summed E-state index contributed by atoms with van der Waals surface area (Å²) in [5.41, 5.74) is 1.37. The summed E-state index contributed by atoms with van der Waals surface area (Å²) >= 11 is 0. The van der Waals surface area contributed by atoms with Crippen LogP contribution in [0.15, 0.2) is 18.2 Å². The van der Waals surface area contributed by atoms with E-state index in [-0.39, 0.29) is 6.42 Å². The van der Waals surface area contributed by atoms with Gasteiger partial charge in [-0.25, -0.2) is 4.79 Å². The second kappa shape index (κ2) is 6.28. The van der Waals surface area contributed by atoms with Gasteiger partial charge >= 0.3 is 12.1 Å². The van der Waals surface area contributed by atoms with E-state index in [9.17, 15) is 14.9 Å². The minimum absolute atomic E-state index is 0.0196. The zero-order valence-electron chi connectivity index (χ0n) is 13.8. The first kappa shape index (κ1) is 17.4. The van der Waals surface area contributed by atoms with Gasteiger partial charge in [-0.3, -0.25) is 10.1 Å². The number of carbonyl (C=O) groups excluding carboxylic acids is 1. The van der Waals surface area contributed by atoms with Crippen molar-refractivity contribution in [2.75, 3.05) is 10.6 Å². The number of nitrogens with zero attached hydrogens (tertiary/aromatic N) is 1. The molecule has 0 unspecified atom stereocenters. The van der Waals surface area contributed by atoms with Crippen molar-refractivity contribution in [1.29, 1.82) is 5.26 Å². The van der Waals surface area contributed by atoms with Crippen molar-refractivity contribution in [2.45, 2.75) is 45.0 Å². The summed E-state index contributed by atoms with van der Waals surface area (Å²) in [7, 11) is 0. The highest BCUT2D eigenvalue weighted by Crippen LogP contribution is 2.33. The Morgan fingerprint density at radius 3 is 2.58 bits per heavy atom. The monoisotopic (exact) mass is 332 g/mol. The topological polar surface area (TPSA) is 123 Å². The Morgan fingerprint density at radius 1 is 1.33 bits per heavy atom. The Hall–Kier alpha value is -2.95. The Kier molecular flexibility index (Phi) is 4.55. The van der Waals surface area contributed by atoms with Crippen molar-refractivity contribution in [3.8, 4) is 6.07 Å². The molecule has 8 nitrogen and oxygen atoms in total. The number of carboxylic acids is 1. The van der Waals surface area contributed by atoms with Gasteiger partial charge < -0.3 is 20.5 Å². The number of alkyl carbamates (subject to hydrolysis) is 1. The van der Waals surface area contributed by atoms with Crippen molar-refractivity contribution >= 4 is 23.4 Å². The number of hydrogen-bond acceptors (Lipinski definition) is 6. The molecule has 0 saturated carbocycles. The smallest absolute Gasteiger partial charge is 0.411 e. The molecular weight excluding hydrogens is 312 g/mol. The molecule has 8 heteroatoms. The van der Waals surface area contributed by atoms with E-state index in [2.05, 4.69) is 16.0 Å². The van der Waals surface area contributed by atoms with Crippen LogP contribution in [0.3, 0.4) is 0 Å². The van der Waals surface area contributed by atoms with Crippen molar-refractivity contribution in [3.63, 3.8) is 0 Å². The van der Waals surface area contributed by atoms with Crippen LogP contribution >= 0.6 is 0 Å². The van der Waals surface area contributed by atoms with Gasteiger partial charge in [0.15, 0.2) is 0 Å². The Labute approximate surface area is 139 Å². The first-order chi connectivity index (χ1) is 11.1. The highest BCUT2D eigenvalue weighted by atomic mass is 16.6. The van der Waals surface area contributed by atoms with E-state index in [1.54, 1.807) is 39.0 Å². The minimum atomic E-state index is -1.52. The molecule has 1 aromatic rings. The molecule has 0 radical (unpaired) electrons. The quantitative estimate of drug-likeness (QED) is 0.666. The Balaban J connectivity index is 2.11. The predicted octanol–water partition coefficient (Wildman–Crippen LogP) is 2.24. The number of amides is 1. The van der Waals surface area contributed by atoms with Gasteiger partial charge in [-0.05, 0) is 44.9 Å². The van der Waals surface area contributed by atoms with Crippen LogP contribution in [0.25, 0.3) is 0 Å². The van der Waals surface area contributed by atoms with Gasteiger partial charge in [0.25, 0.3) is 5.79 Å². The van der Waals surface area contributed by atoms with Crippen LogP contribution in [0.2, 0.25) is 0 Å². The third kappa shape index (κ3) is 4.29. The molecule has 1 aliphatic rings. The summed E-state index contributed by atoms with van der Waals surface area (Å²) in [5, 5.41) is 26.5. The maximum Gasteiger partial charge on any atom is 0.411 e. The highest BCUT2D eigenvalue weighted by molar-refractivity contribution is 5.81. The first-order valence-corrected chi connectivity index (χ1v) is 7.46. The maximum absolute atomic E-state index is 11.9. The maximum atomic E-state index is 11.9. The number of nitriles is 1. The second-order valence-electron chi connectivity index (χ2n) is 6.51. The van der Waals surface area contributed by atoms with Crippen LogP contribution in [0, 0.1) is 11.3 Å². The molecular formula is C16H20N4O4. The van der Waals surface area contributed by atoms with Crippen LogP contribution in [0.4, 0.5) is 16.2 Å². The number of rotatable bonds is 4. The van der Waals surface area contributed by atoms with E-state index in [0.29, 0.717) is 17.8 Å². The molecule has 1 aliphatic heterocycles. The summed E-state index contributed by atoms with van der Waals surface area (Å²) in [6.45, 7) is 5.18. The number of anilines is 2. The van der Waals surface area contributed by atoms with E-state index >= 15 is 0 Å². The highest BCUT2D eigenvalue weighted by Gasteiger charge is 2.39. The van der Waals surface area contributed by atoms with E-state index < -0.39 is 23.5 Å². The van der Waals surface area contributed by atoms with Crippen molar-refractivity contribution in [2.24, 2.45) is 0 Å². The van der Waals surface area contributed by atoms with E-state index in [0.717, 1.165) is 5.56 Å². The Bertz CT molecular complexity index is 705. The molecule has 1 heterocycles. The molecule has 4 N–H and O–H groups in total. The fourth-order valence-electron chi connectivity index (χ4n) is 2.25. The lowest BCUT2D eigenvalue weighted by Gasteiger charge is -2.26. The Morgan fingerprint density at radius 2 is 2.00 bits per heavy atom. The van der Waals surface area contributed by atoms with E-state index in [4.69, 9.17) is 9.84 Å². The summed E-state index contributed by atoms with van der Waals surface area (Å²) in [6, 6.07) is 7.24. The number of hydrogen-bond donors (Lipinski definition) is 4. The molecule has 0 fully saturated rings. The number of benzene rings is 1. The average Bonchev–Trinajstić information content (AvgIpc) is 2.80.